The van der Waals surface area contributed by atoms with Gasteiger partial charge in [-0.05, 0) is 36.4 Å². The van der Waals surface area contributed by atoms with Gasteiger partial charge in [-0.15, -0.1) is 0 Å². The number of amides is 1. The number of anilines is 2. The normalized spacial score (nSPS) is 11.0. The number of nitrogens with zero attached hydrogens (tertiary/aromatic N) is 1. The van der Waals surface area contributed by atoms with E-state index in [4.69, 9.17) is 4.74 Å². The summed E-state index contributed by atoms with van der Waals surface area (Å²) < 4.78 is 56.3. The maximum absolute atomic E-state index is 13.9. The van der Waals surface area contributed by atoms with Crippen molar-refractivity contribution < 1.29 is 26.7 Å². The summed E-state index contributed by atoms with van der Waals surface area (Å²) in [7, 11) is -2.47. The lowest BCUT2D eigenvalue weighted by molar-refractivity contribution is -0.114. The van der Waals surface area contributed by atoms with Gasteiger partial charge in [0.15, 0.2) is 0 Å². The average molecular weight is 370 g/mol. The summed E-state index contributed by atoms with van der Waals surface area (Å²) in [6.45, 7) is -0.659. The lowest BCUT2D eigenvalue weighted by atomic mass is 10.3. The number of hydrogen-bond donors (Lipinski definition) is 1. The number of ether oxygens (including phenoxy) is 1. The van der Waals surface area contributed by atoms with Crippen LogP contribution in [0, 0.1) is 11.6 Å². The van der Waals surface area contributed by atoms with Gasteiger partial charge in [-0.1, -0.05) is 0 Å². The van der Waals surface area contributed by atoms with Crippen molar-refractivity contribution in [3.63, 3.8) is 0 Å². The van der Waals surface area contributed by atoms with E-state index in [1.807, 2.05) is 0 Å². The summed E-state index contributed by atoms with van der Waals surface area (Å²) in [5.74, 6) is -2.02. The van der Waals surface area contributed by atoms with Gasteiger partial charge in [0.25, 0.3) is 0 Å². The SMILES string of the molecule is COc1ccc(NC(=O)CN(c2ccc(F)cc2F)S(C)(=O)=O)cc1. The number of carbonyl (C=O) groups excluding carboxylic acids is 1. The van der Waals surface area contributed by atoms with Crippen molar-refractivity contribution in [2.75, 3.05) is 29.5 Å². The van der Waals surface area contributed by atoms with E-state index in [0.29, 0.717) is 21.8 Å². The number of halogens is 2. The van der Waals surface area contributed by atoms with Crippen molar-refractivity contribution >= 4 is 27.3 Å². The van der Waals surface area contributed by atoms with Crippen molar-refractivity contribution in [3.05, 3.63) is 54.1 Å². The largest absolute Gasteiger partial charge is 0.497 e. The topological polar surface area (TPSA) is 75.7 Å². The van der Waals surface area contributed by atoms with E-state index in [1.54, 1.807) is 24.3 Å². The Morgan fingerprint density at radius 3 is 2.32 bits per heavy atom. The van der Waals surface area contributed by atoms with Gasteiger partial charge in [0, 0.05) is 11.8 Å². The molecule has 0 unspecified atom stereocenters. The van der Waals surface area contributed by atoms with Gasteiger partial charge < -0.3 is 10.1 Å². The molecule has 0 bridgehead atoms. The van der Waals surface area contributed by atoms with Crippen molar-refractivity contribution in [2.24, 2.45) is 0 Å². The third-order valence-corrected chi connectivity index (χ3v) is 4.37. The van der Waals surface area contributed by atoms with Crippen LogP contribution in [-0.4, -0.2) is 34.2 Å². The molecule has 25 heavy (non-hydrogen) atoms. The Bertz CT molecular complexity index is 870. The molecule has 134 valence electrons. The number of benzene rings is 2. The van der Waals surface area contributed by atoms with Crippen molar-refractivity contribution in [1.29, 1.82) is 0 Å². The molecule has 0 spiro atoms. The first-order valence-corrected chi connectivity index (χ1v) is 8.92. The number of nitrogens with one attached hydrogen (secondary N) is 1. The van der Waals surface area contributed by atoms with Crippen LogP contribution in [0.4, 0.5) is 20.2 Å². The standard InChI is InChI=1S/C16H16F2N2O4S/c1-24-13-6-4-12(5-7-13)19-16(21)10-20(25(2,22)23)15-8-3-11(17)9-14(15)18/h3-9H,10H2,1-2H3,(H,19,21). The molecule has 0 saturated carbocycles. The van der Waals surface area contributed by atoms with E-state index in [-0.39, 0.29) is 0 Å². The number of sulfonamides is 1. The quantitative estimate of drug-likeness (QED) is 0.847. The minimum Gasteiger partial charge on any atom is -0.497 e. The van der Waals surface area contributed by atoms with Crippen LogP contribution in [0.2, 0.25) is 0 Å². The highest BCUT2D eigenvalue weighted by molar-refractivity contribution is 7.92. The first-order chi connectivity index (χ1) is 11.7. The van der Waals surface area contributed by atoms with E-state index >= 15 is 0 Å². The molecule has 1 amide bonds. The Labute approximate surface area is 144 Å². The highest BCUT2D eigenvalue weighted by Gasteiger charge is 2.24. The van der Waals surface area contributed by atoms with Crippen LogP contribution in [0.25, 0.3) is 0 Å². The monoisotopic (exact) mass is 370 g/mol. The molecule has 2 aromatic carbocycles. The molecule has 0 aromatic heterocycles. The molecule has 2 aromatic rings. The Morgan fingerprint density at radius 2 is 1.80 bits per heavy atom. The van der Waals surface area contributed by atoms with Gasteiger partial charge in [0.1, 0.15) is 23.9 Å². The third kappa shape index (κ3) is 4.90. The van der Waals surface area contributed by atoms with Gasteiger partial charge in [-0.25, -0.2) is 17.2 Å². The molecule has 0 atom stereocenters. The molecular formula is C16H16F2N2O4S. The molecule has 0 saturated heterocycles. The highest BCUT2D eigenvalue weighted by atomic mass is 32.2. The highest BCUT2D eigenvalue weighted by Crippen LogP contribution is 2.23. The Kier molecular flexibility index (Phi) is 5.58. The average Bonchev–Trinajstić information content (AvgIpc) is 2.53. The Hall–Kier alpha value is -2.68. The first kappa shape index (κ1) is 18.7. The predicted molar refractivity (Wildman–Crippen MR) is 90.2 cm³/mol. The van der Waals surface area contributed by atoms with Gasteiger partial charge in [-0.3, -0.25) is 9.10 Å². The van der Waals surface area contributed by atoms with Gasteiger partial charge in [-0.2, -0.15) is 0 Å². The third-order valence-electron chi connectivity index (χ3n) is 3.24. The minimum absolute atomic E-state index is 0.409. The predicted octanol–water partition coefficient (Wildman–Crippen LogP) is 2.38. The van der Waals surface area contributed by atoms with E-state index < -0.39 is 39.8 Å². The fraction of sp³-hybridized carbons (Fsp3) is 0.188. The summed E-state index contributed by atoms with van der Waals surface area (Å²) in [5, 5.41) is 2.50. The van der Waals surface area contributed by atoms with Gasteiger partial charge in [0.2, 0.25) is 15.9 Å². The molecule has 0 fully saturated rings. The fourth-order valence-corrected chi connectivity index (χ4v) is 2.93. The zero-order valence-corrected chi connectivity index (χ0v) is 14.3. The summed E-state index contributed by atoms with van der Waals surface area (Å²) in [6, 6.07) is 8.80. The number of rotatable bonds is 6. The summed E-state index contributed by atoms with van der Waals surface area (Å²) in [4.78, 5) is 12.1. The minimum atomic E-state index is -3.96. The second kappa shape index (κ2) is 7.47. The number of methoxy groups -OCH3 is 1. The van der Waals surface area contributed by atoms with Gasteiger partial charge >= 0.3 is 0 Å². The van der Waals surface area contributed by atoms with Crippen LogP contribution < -0.4 is 14.4 Å². The van der Waals surface area contributed by atoms with E-state index in [0.717, 1.165) is 18.4 Å². The summed E-state index contributed by atoms with van der Waals surface area (Å²) >= 11 is 0. The smallest absolute Gasteiger partial charge is 0.245 e. The molecule has 2 rings (SSSR count). The van der Waals surface area contributed by atoms with Crippen molar-refractivity contribution in [2.45, 2.75) is 0 Å². The van der Waals surface area contributed by atoms with Gasteiger partial charge in [0.05, 0.1) is 19.1 Å². The Balaban J connectivity index is 2.20. The number of carbonyl (C=O) groups is 1. The van der Waals surface area contributed by atoms with E-state index in [9.17, 15) is 22.0 Å². The second-order valence-electron chi connectivity index (χ2n) is 5.14. The van der Waals surface area contributed by atoms with Crippen LogP contribution in [0.3, 0.4) is 0 Å². The fourth-order valence-electron chi connectivity index (χ4n) is 2.07. The van der Waals surface area contributed by atoms with Crippen LogP contribution in [-0.2, 0) is 14.8 Å². The second-order valence-corrected chi connectivity index (χ2v) is 7.05. The number of hydrogen-bond acceptors (Lipinski definition) is 4. The van der Waals surface area contributed by atoms with Crippen LogP contribution in [0.15, 0.2) is 42.5 Å². The maximum atomic E-state index is 13.9. The molecule has 0 heterocycles. The molecule has 0 aliphatic carbocycles. The van der Waals surface area contributed by atoms with E-state index in [2.05, 4.69) is 5.32 Å². The summed E-state index contributed by atoms with van der Waals surface area (Å²) in [6.07, 6.45) is 0.830. The molecule has 6 nitrogen and oxygen atoms in total. The zero-order chi connectivity index (χ0) is 18.6. The van der Waals surface area contributed by atoms with E-state index in [1.165, 1.54) is 7.11 Å². The molecule has 0 aliphatic heterocycles. The van der Waals surface area contributed by atoms with Crippen molar-refractivity contribution in [1.82, 2.24) is 0 Å². The lowest BCUT2D eigenvalue weighted by Gasteiger charge is -2.22. The molecular weight excluding hydrogens is 354 g/mol. The van der Waals surface area contributed by atoms with Crippen molar-refractivity contribution in [3.8, 4) is 5.75 Å². The summed E-state index contributed by atoms with van der Waals surface area (Å²) in [5.41, 5.74) is 0.00705. The molecule has 0 radical (unpaired) electrons. The molecule has 0 aliphatic rings. The first-order valence-electron chi connectivity index (χ1n) is 7.07. The van der Waals surface area contributed by atoms with Crippen LogP contribution >= 0.6 is 0 Å². The van der Waals surface area contributed by atoms with Crippen LogP contribution in [0.5, 0.6) is 5.75 Å². The molecule has 1 N–H and O–H groups in total. The lowest BCUT2D eigenvalue weighted by Crippen LogP contribution is -2.38. The zero-order valence-electron chi connectivity index (χ0n) is 13.5. The van der Waals surface area contributed by atoms with Crippen LogP contribution in [0.1, 0.15) is 0 Å². The maximum Gasteiger partial charge on any atom is 0.245 e. The Morgan fingerprint density at radius 1 is 1.16 bits per heavy atom. The molecule has 9 heteroatoms.